The van der Waals surface area contributed by atoms with Crippen LogP contribution in [0.4, 0.5) is 4.39 Å². The van der Waals surface area contributed by atoms with Gasteiger partial charge in [-0.25, -0.2) is 4.39 Å². The zero-order valence-electron chi connectivity index (χ0n) is 10.8. The lowest BCUT2D eigenvalue weighted by molar-refractivity contribution is 0.100. The largest absolute Gasteiger partial charge is 0.298 e. The summed E-state index contributed by atoms with van der Waals surface area (Å²) >= 11 is 6.99. The minimum absolute atomic E-state index is 0. The minimum Gasteiger partial charge on any atom is -0.298 e. The monoisotopic (exact) mass is 343 g/mol. The third-order valence-electron chi connectivity index (χ3n) is 2.54. The molecule has 0 unspecified atom stereocenters. The van der Waals surface area contributed by atoms with Gasteiger partial charge >= 0.3 is 0 Å². The highest BCUT2D eigenvalue weighted by molar-refractivity contribution is 8.13. The van der Waals surface area contributed by atoms with Crippen molar-refractivity contribution in [2.24, 2.45) is 0 Å². The topological polar surface area (TPSA) is 40.9 Å². The Bertz CT molecular complexity index is 629. The van der Waals surface area contributed by atoms with E-state index in [0.29, 0.717) is 10.6 Å². The van der Waals surface area contributed by atoms with Crippen LogP contribution >= 0.6 is 35.8 Å². The maximum absolute atomic E-state index is 12.8. The Hall–Kier alpha value is -1.36. The second kappa shape index (κ2) is 8.17. The molecule has 0 heterocycles. The Labute approximate surface area is 137 Å². The summed E-state index contributed by atoms with van der Waals surface area (Å²) in [5, 5.41) is 8.70. The minimum atomic E-state index is -0.382. The van der Waals surface area contributed by atoms with Gasteiger partial charge in [-0.15, -0.1) is 12.4 Å². The third-order valence-corrected chi connectivity index (χ3v) is 3.69. The highest BCUT2D eigenvalue weighted by Gasteiger charge is 2.10. The molecular formula is C15H12Cl2FNOS. The lowest BCUT2D eigenvalue weighted by Crippen LogP contribution is -2.04. The van der Waals surface area contributed by atoms with E-state index < -0.39 is 0 Å². The van der Waals surface area contributed by atoms with Crippen LogP contribution in [0.2, 0.25) is 5.02 Å². The van der Waals surface area contributed by atoms with Gasteiger partial charge in [-0.3, -0.25) is 10.2 Å². The van der Waals surface area contributed by atoms with Crippen molar-refractivity contribution >= 4 is 46.6 Å². The summed E-state index contributed by atoms with van der Waals surface area (Å²) in [6.07, 6.45) is -0.00107. The number of benzene rings is 2. The maximum Gasteiger partial charge on any atom is 0.169 e. The number of thioether (sulfide) groups is 1. The molecule has 0 amide bonds. The smallest absolute Gasteiger partial charge is 0.169 e. The van der Waals surface area contributed by atoms with Gasteiger partial charge in [0, 0.05) is 15.5 Å². The Morgan fingerprint density at radius 1 is 1.10 bits per heavy atom. The number of halogens is 3. The Balaban J connectivity index is 0.00000220. The Kier molecular flexibility index (Phi) is 6.89. The molecule has 2 aromatic rings. The van der Waals surface area contributed by atoms with Crippen LogP contribution in [0.5, 0.6) is 0 Å². The fourth-order valence-electron chi connectivity index (χ4n) is 1.56. The van der Waals surface area contributed by atoms with E-state index in [2.05, 4.69) is 0 Å². The van der Waals surface area contributed by atoms with Crippen molar-refractivity contribution in [1.29, 1.82) is 5.41 Å². The highest BCUT2D eigenvalue weighted by Crippen LogP contribution is 2.23. The summed E-state index contributed by atoms with van der Waals surface area (Å²) in [5.74, 6) is -0.580. The standard InChI is InChI=1S/C15H11ClFNOS.ClH/c16-11-3-7-13(8-4-11)20-15(18)9-14(19)10-1-5-12(17)6-2-10;/h1-8,18H,9H2;1H. The van der Waals surface area contributed by atoms with E-state index in [1.165, 1.54) is 36.0 Å². The SMILES string of the molecule is Cl.N=C(CC(=O)c1ccc(F)cc1)Sc1ccc(Cl)cc1. The third kappa shape index (κ3) is 5.50. The van der Waals surface area contributed by atoms with Gasteiger partial charge in [0.25, 0.3) is 0 Å². The summed E-state index contributed by atoms with van der Waals surface area (Å²) in [6.45, 7) is 0. The van der Waals surface area contributed by atoms with Crippen molar-refractivity contribution in [2.45, 2.75) is 11.3 Å². The molecule has 0 bridgehead atoms. The zero-order chi connectivity index (χ0) is 14.5. The van der Waals surface area contributed by atoms with Crippen molar-refractivity contribution in [3.05, 3.63) is 64.9 Å². The summed E-state index contributed by atoms with van der Waals surface area (Å²) < 4.78 is 12.8. The number of hydrogen-bond donors (Lipinski definition) is 1. The molecule has 0 spiro atoms. The first-order chi connectivity index (χ1) is 9.54. The molecule has 0 aliphatic carbocycles. The summed E-state index contributed by atoms with van der Waals surface area (Å²) in [6, 6.07) is 12.4. The molecule has 21 heavy (non-hydrogen) atoms. The second-order valence-electron chi connectivity index (χ2n) is 4.09. The van der Waals surface area contributed by atoms with Crippen LogP contribution in [0.3, 0.4) is 0 Å². The molecule has 0 saturated carbocycles. The fourth-order valence-corrected chi connectivity index (χ4v) is 2.45. The predicted octanol–water partition coefficient (Wildman–Crippen LogP) is 5.24. The molecule has 2 nitrogen and oxygen atoms in total. The van der Waals surface area contributed by atoms with Gasteiger partial charge in [0.05, 0.1) is 11.5 Å². The van der Waals surface area contributed by atoms with Crippen molar-refractivity contribution in [1.82, 2.24) is 0 Å². The van der Waals surface area contributed by atoms with E-state index in [4.69, 9.17) is 17.0 Å². The van der Waals surface area contributed by atoms with Crippen LogP contribution in [0, 0.1) is 11.2 Å². The van der Waals surface area contributed by atoms with E-state index in [1.54, 1.807) is 24.3 Å². The lowest BCUT2D eigenvalue weighted by Gasteiger charge is -2.04. The molecule has 2 aromatic carbocycles. The van der Waals surface area contributed by atoms with E-state index >= 15 is 0 Å². The van der Waals surface area contributed by atoms with E-state index in [9.17, 15) is 9.18 Å². The van der Waals surface area contributed by atoms with Gasteiger partial charge in [-0.2, -0.15) is 0 Å². The average Bonchev–Trinajstić information content (AvgIpc) is 2.42. The molecule has 0 saturated heterocycles. The van der Waals surface area contributed by atoms with E-state index in [0.717, 1.165) is 4.90 Å². The number of hydrogen-bond acceptors (Lipinski definition) is 3. The Morgan fingerprint density at radius 3 is 2.24 bits per heavy atom. The average molecular weight is 344 g/mol. The van der Waals surface area contributed by atoms with Gasteiger partial charge in [0.1, 0.15) is 5.82 Å². The molecule has 110 valence electrons. The molecular weight excluding hydrogens is 332 g/mol. The van der Waals surface area contributed by atoms with Crippen LogP contribution in [0.1, 0.15) is 16.8 Å². The number of carbonyl (C=O) groups excluding carboxylic acids is 1. The van der Waals surface area contributed by atoms with Gasteiger partial charge in [0.15, 0.2) is 5.78 Å². The molecule has 0 atom stereocenters. The second-order valence-corrected chi connectivity index (χ2v) is 5.69. The molecule has 6 heteroatoms. The first-order valence-electron chi connectivity index (χ1n) is 5.84. The summed E-state index contributed by atoms with van der Waals surface area (Å²) in [5.41, 5.74) is 0.410. The van der Waals surface area contributed by atoms with Crippen LogP contribution in [0.25, 0.3) is 0 Å². The van der Waals surface area contributed by atoms with Crippen LogP contribution in [-0.4, -0.2) is 10.8 Å². The van der Waals surface area contributed by atoms with E-state index in [1.807, 2.05) is 0 Å². The van der Waals surface area contributed by atoms with Crippen molar-refractivity contribution in [2.75, 3.05) is 0 Å². The molecule has 2 rings (SSSR count). The quantitative estimate of drug-likeness (QED) is 0.356. The number of nitrogens with one attached hydrogen (secondary N) is 1. The number of Topliss-reactive ketones (excluding diaryl/α,β-unsaturated/α-hetero) is 1. The predicted molar refractivity (Wildman–Crippen MR) is 87.6 cm³/mol. The van der Waals surface area contributed by atoms with Gasteiger partial charge < -0.3 is 0 Å². The van der Waals surface area contributed by atoms with Crippen LogP contribution in [0.15, 0.2) is 53.4 Å². The van der Waals surface area contributed by atoms with Crippen LogP contribution in [-0.2, 0) is 0 Å². The summed E-state index contributed by atoms with van der Waals surface area (Å²) in [7, 11) is 0. The molecule has 0 fully saturated rings. The lowest BCUT2D eigenvalue weighted by atomic mass is 10.1. The molecule has 0 radical (unpaired) electrons. The van der Waals surface area contributed by atoms with Crippen molar-refractivity contribution in [3.63, 3.8) is 0 Å². The molecule has 0 aromatic heterocycles. The number of carbonyl (C=O) groups is 1. The molecule has 0 aliphatic heterocycles. The van der Waals surface area contributed by atoms with Crippen molar-refractivity contribution in [3.8, 4) is 0 Å². The first-order valence-corrected chi connectivity index (χ1v) is 7.03. The van der Waals surface area contributed by atoms with Gasteiger partial charge in [0.2, 0.25) is 0 Å². The zero-order valence-corrected chi connectivity index (χ0v) is 13.2. The first kappa shape index (κ1) is 17.7. The van der Waals surface area contributed by atoms with E-state index in [-0.39, 0.29) is 35.5 Å². The Morgan fingerprint density at radius 2 is 1.67 bits per heavy atom. The van der Waals surface area contributed by atoms with Gasteiger partial charge in [-0.1, -0.05) is 23.4 Å². The number of ketones is 1. The fraction of sp³-hybridized carbons (Fsp3) is 0.0667. The highest BCUT2D eigenvalue weighted by atomic mass is 35.5. The summed E-state index contributed by atoms with van der Waals surface area (Å²) in [4.78, 5) is 12.8. The maximum atomic E-state index is 12.8. The molecule has 1 N–H and O–H groups in total. The normalized spacial score (nSPS) is 9.81. The molecule has 0 aliphatic rings. The van der Waals surface area contributed by atoms with Crippen LogP contribution < -0.4 is 0 Å². The van der Waals surface area contributed by atoms with Crippen molar-refractivity contribution < 1.29 is 9.18 Å². The van der Waals surface area contributed by atoms with Gasteiger partial charge in [-0.05, 0) is 48.5 Å². The number of rotatable bonds is 4.